The van der Waals surface area contributed by atoms with Gasteiger partial charge in [0, 0.05) is 11.6 Å². The first-order chi connectivity index (χ1) is 7.65. The molecule has 0 heterocycles. The molecule has 1 aromatic rings. The highest BCUT2D eigenvalue weighted by Crippen LogP contribution is 2.21. The number of thioether (sulfide) groups is 1. The topological polar surface area (TPSA) is 49.3 Å². The minimum atomic E-state index is -0.941. The SMILES string of the molecule is CSCCCNc1cc(Cl)ccc1C(=O)O. The fourth-order valence-electron chi connectivity index (χ4n) is 1.29. The molecule has 0 saturated heterocycles. The lowest BCUT2D eigenvalue weighted by Crippen LogP contribution is -2.08. The molecule has 0 fully saturated rings. The Kier molecular flexibility index (Phi) is 5.49. The van der Waals surface area contributed by atoms with Crippen molar-refractivity contribution in [2.45, 2.75) is 6.42 Å². The molecule has 0 aliphatic rings. The number of hydrogen-bond acceptors (Lipinski definition) is 3. The molecule has 16 heavy (non-hydrogen) atoms. The largest absolute Gasteiger partial charge is 0.478 e. The van der Waals surface area contributed by atoms with E-state index in [1.807, 2.05) is 6.26 Å². The van der Waals surface area contributed by atoms with Crippen molar-refractivity contribution in [3.8, 4) is 0 Å². The van der Waals surface area contributed by atoms with Gasteiger partial charge in [0.2, 0.25) is 0 Å². The number of carboxylic acids is 1. The van der Waals surface area contributed by atoms with Gasteiger partial charge >= 0.3 is 5.97 Å². The van der Waals surface area contributed by atoms with E-state index in [-0.39, 0.29) is 5.56 Å². The number of benzene rings is 1. The van der Waals surface area contributed by atoms with Crippen LogP contribution < -0.4 is 5.32 Å². The van der Waals surface area contributed by atoms with Gasteiger partial charge in [-0.15, -0.1) is 0 Å². The summed E-state index contributed by atoms with van der Waals surface area (Å²) in [6.45, 7) is 0.751. The molecule has 0 bridgehead atoms. The number of rotatable bonds is 6. The Morgan fingerprint density at radius 1 is 1.56 bits per heavy atom. The summed E-state index contributed by atoms with van der Waals surface area (Å²) in [6, 6.07) is 4.74. The van der Waals surface area contributed by atoms with Gasteiger partial charge in [-0.1, -0.05) is 11.6 Å². The minimum Gasteiger partial charge on any atom is -0.478 e. The van der Waals surface area contributed by atoms with Crippen molar-refractivity contribution < 1.29 is 9.90 Å². The van der Waals surface area contributed by atoms with Gasteiger partial charge in [0.05, 0.1) is 11.3 Å². The maximum absolute atomic E-state index is 10.9. The third-order valence-electron chi connectivity index (χ3n) is 2.05. The molecule has 1 aromatic carbocycles. The zero-order chi connectivity index (χ0) is 12.0. The number of halogens is 1. The second-order valence-electron chi connectivity index (χ2n) is 3.27. The average Bonchev–Trinajstić information content (AvgIpc) is 2.24. The number of carbonyl (C=O) groups is 1. The van der Waals surface area contributed by atoms with Crippen molar-refractivity contribution in [3.05, 3.63) is 28.8 Å². The molecule has 0 atom stereocenters. The van der Waals surface area contributed by atoms with Gasteiger partial charge in [-0.25, -0.2) is 4.79 Å². The van der Waals surface area contributed by atoms with Gasteiger partial charge < -0.3 is 10.4 Å². The summed E-state index contributed by atoms with van der Waals surface area (Å²) in [5.74, 6) is 0.111. The predicted octanol–water partition coefficient (Wildman–Crippen LogP) is 3.20. The van der Waals surface area contributed by atoms with Crippen molar-refractivity contribution in [1.29, 1.82) is 0 Å². The molecule has 0 saturated carbocycles. The van der Waals surface area contributed by atoms with Gasteiger partial charge in [-0.3, -0.25) is 0 Å². The Labute approximate surface area is 104 Å². The second-order valence-corrected chi connectivity index (χ2v) is 4.69. The highest BCUT2D eigenvalue weighted by atomic mass is 35.5. The zero-order valence-corrected chi connectivity index (χ0v) is 10.6. The number of aromatic carboxylic acids is 1. The summed E-state index contributed by atoms with van der Waals surface area (Å²) in [5, 5.41) is 12.6. The molecular formula is C11H14ClNO2S. The highest BCUT2D eigenvalue weighted by Gasteiger charge is 2.09. The summed E-state index contributed by atoms with van der Waals surface area (Å²) in [7, 11) is 0. The van der Waals surface area contributed by atoms with Crippen LogP contribution in [0.25, 0.3) is 0 Å². The molecular weight excluding hydrogens is 246 g/mol. The lowest BCUT2D eigenvalue weighted by molar-refractivity contribution is 0.0698. The zero-order valence-electron chi connectivity index (χ0n) is 9.00. The van der Waals surface area contributed by atoms with Gasteiger partial charge in [0.25, 0.3) is 0 Å². The predicted molar refractivity (Wildman–Crippen MR) is 69.9 cm³/mol. The molecule has 0 spiro atoms. The second kappa shape index (κ2) is 6.66. The Balaban J connectivity index is 2.68. The van der Waals surface area contributed by atoms with E-state index < -0.39 is 5.97 Å². The highest BCUT2D eigenvalue weighted by molar-refractivity contribution is 7.98. The van der Waals surface area contributed by atoms with Gasteiger partial charge in [-0.2, -0.15) is 11.8 Å². The Hall–Kier alpha value is -0.870. The summed E-state index contributed by atoms with van der Waals surface area (Å²) in [4.78, 5) is 10.9. The maximum atomic E-state index is 10.9. The first kappa shape index (κ1) is 13.2. The molecule has 0 aliphatic heterocycles. The lowest BCUT2D eigenvalue weighted by atomic mass is 10.2. The van der Waals surface area contributed by atoms with Crippen LogP contribution in [0.15, 0.2) is 18.2 Å². The summed E-state index contributed by atoms with van der Waals surface area (Å²) < 4.78 is 0. The van der Waals surface area contributed by atoms with E-state index in [4.69, 9.17) is 16.7 Å². The van der Waals surface area contributed by atoms with E-state index in [0.717, 1.165) is 18.7 Å². The third-order valence-corrected chi connectivity index (χ3v) is 2.98. The van der Waals surface area contributed by atoms with Crippen LogP contribution in [-0.4, -0.2) is 29.6 Å². The maximum Gasteiger partial charge on any atom is 0.337 e. The van der Waals surface area contributed by atoms with E-state index in [2.05, 4.69) is 5.32 Å². The van der Waals surface area contributed by atoms with Crippen molar-refractivity contribution >= 4 is 35.0 Å². The first-order valence-electron chi connectivity index (χ1n) is 4.91. The number of hydrogen-bond donors (Lipinski definition) is 2. The number of nitrogens with one attached hydrogen (secondary N) is 1. The fraction of sp³-hybridized carbons (Fsp3) is 0.364. The molecule has 88 valence electrons. The Morgan fingerprint density at radius 3 is 2.94 bits per heavy atom. The molecule has 0 aliphatic carbocycles. The summed E-state index contributed by atoms with van der Waals surface area (Å²) >= 11 is 7.59. The molecule has 1 rings (SSSR count). The summed E-state index contributed by atoms with van der Waals surface area (Å²) in [5.41, 5.74) is 0.842. The van der Waals surface area contributed by atoms with Crippen molar-refractivity contribution in [3.63, 3.8) is 0 Å². The van der Waals surface area contributed by atoms with Crippen LogP contribution >= 0.6 is 23.4 Å². The van der Waals surface area contributed by atoms with Crippen LogP contribution in [0.3, 0.4) is 0 Å². The standard InChI is InChI=1S/C11H14ClNO2S/c1-16-6-2-5-13-10-7-8(12)3-4-9(10)11(14)15/h3-4,7,13H,2,5-6H2,1H3,(H,14,15). The van der Waals surface area contributed by atoms with E-state index in [1.54, 1.807) is 23.9 Å². The first-order valence-corrected chi connectivity index (χ1v) is 6.68. The van der Waals surface area contributed by atoms with Crippen LogP contribution in [0, 0.1) is 0 Å². The smallest absolute Gasteiger partial charge is 0.337 e. The van der Waals surface area contributed by atoms with Gasteiger partial charge in [0.15, 0.2) is 0 Å². The van der Waals surface area contributed by atoms with E-state index >= 15 is 0 Å². The Bertz CT molecular complexity index is 371. The van der Waals surface area contributed by atoms with E-state index in [0.29, 0.717) is 10.7 Å². The van der Waals surface area contributed by atoms with Crippen LogP contribution in [0.4, 0.5) is 5.69 Å². The third kappa shape index (κ3) is 3.94. The van der Waals surface area contributed by atoms with Crippen molar-refractivity contribution in [1.82, 2.24) is 0 Å². The van der Waals surface area contributed by atoms with Crippen LogP contribution in [0.5, 0.6) is 0 Å². The number of carboxylic acid groups (broad SMARTS) is 1. The van der Waals surface area contributed by atoms with Crippen LogP contribution in [0.1, 0.15) is 16.8 Å². The Morgan fingerprint density at radius 2 is 2.31 bits per heavy atom. The molecule has 0 radical (unpaired) electrons. The van der Waals surface area contributed by atoms with Gasteiger partial charge in [-0.05, 0) is 36.6 Å². The molecule has 5 heteroatoms. The molecule has 2 N–H and O–H groups in total. The summed E-state index contributed by atoms with van der Waals surface area (Å²) in [6.07, 6.45) is 3.04. The molecule has 0 amide bonds. The van der Waals surface area contributed by atoms with Crippen LogP contribution in [-0.2, 0) is 0 Å². The number of anilines is 1. The molecule has 0 unspecified atom stereocenters. The average molecular weight is 260 g/mol. The fourth-order valence-corrected chi connectivity index (χ4v) is 1.89. The monoisotopic (exact) mass is 259 g/mol. The molecule has 0 aromatic heterocycles. The van der Waals surface area contributed by atoms with E-state index in [1.165, 1.54) is 6.07 Å². The minimum absolute atomic E-state index is 0.258. The quantitative estimate of drug-likeness (QED) is 0.771. The molecule has 3 nitrogen and oxygen atoms in total. The van der Waals surface area contributed by atoms with Crippen LogP contribution in [0.2, 0.25) is 5.02 Å². The van der Waals surface area contributed by atoms with Crippen molar-refractivity contribution in [2.24, 2.45) is 0 Å². The normalized spacial score (nSPS) is 10.1. The van der Waals surface area contributed by atoms with E-state index in [9.17, 15) is 4.79 Å². The van der Waals surface area contributed by atoms with Crippen molar-refractivity contribution in [2.75, 3.05) is 23.9 Å². The van der Waals surface area contributed by atoms with Gasteiger partial charge in [0.1, 0.15) is 0 Å². The lowest BCUT2D eigenvalue weighted by Gasteiger charge is -2.09.